The maximum atomic E-state index is 6.02. The molecule has 0 aliphatic carbocycles. The highest BCUT2D eigenvalue weighted by Crippen LogP contribution is 2.25. The Balaban J connectivity index is 2.31. The average Bonchev–Trinajstić information content (AvgIpc) is 2.20. The Bertz CT molecular complexity index is 302. The number of benzene rings is 1. The zero-order valence-electron chi connectivity index (χ0n) is 9.13. The van der Waals surface area contributed by atoms with Gasteiger partial charge in [0.15, 0.2) is 0 Å². The largest absolute Gasteiger partial charge is 0.492 e. The molecule has 3 heteroatoms. The molecule has 0 unspecified atom stereocenters. The van der Waals surface area contributed by atoms with Crippen molar-refractivity contribution in [3.63, 3.8) is 0 Å². The second kappa shape index (κ2) is 6.70. The van der Waals surface area contributed by atoms with Gasteiger partial charge in [0.05, 0.1) is 11.6 Å². The summed E-state index contributed by atoms with van der Waals surface area (Å²) in [6, 6.07) is 5.83. The molecule has 84 valence electrons. The van der Waals surface area contributed by atoms with Crippen molar-refractivity contribution in [2.75, 3.05) is 13.2 Å². The number of ether oxygens (including phenoxy) is 1. The molecular formula is C12H18ClNO. The minimum atomic E-state index is 0.689. The maximum absolute atomic E-state index is 6.02. The van der Waals surface area contributed by atoms with Gasteiger partial charge in [-0.2, -0.15) is 0 Å². The summed E-state index contributed by atoms with van der Waals surface area (Å²) in [5.74, 6) is 0.773. The number of nitrogens with two attached hydrogens (primary N) is 1. The molecule has 0 saturated carbocycles. The molecule has 0 spiro atoms. The van der Waals surface area contributed by atoms with Crippen molar-refractivity contribution < 1.29 is 4.74 Å². The average molecular weight is 228 g/mol. The number of aryl methyl sites for hydroxylation is 1. The third-order valence-corrected chi connectivity index (χ3v) is 2.49. The van der Waals surface area contributed by atoms with Crippen LogP contribution in [0.25, 0.3) is 0 Å². The van der Waals surface area contributed by atoms with Crippen LogP contribution in [0.3, 0.4) is 0 Å². The van der Waals surface area contributed by atoms with E-state index in [1.165, 1.54) is 0 Å². The van der Waals surface area contributed by atoms with Gasteiger partial charge in [0.1, 0.15) is 5.75 Å². The predicted molar refractivity (Wildman–Crippen MR) is 64.6 cm³/mol. The Morgan fingerprint density at radius 1 is 1.27 bits per heavy atom. The zero-order chi connectivity index (χ0) is 11.1. The van der Waals surface area contributed by atoms with E-state index in [1.54, 1.807) is 0 Å². The summed E-state index contributed by atoms with van der Waals surface area (Å²) < 4.78 is 5.57. The third kappa shape index (κ3) is 4.54. The first-order valence-electron chi connectivity index (χ1n) is 5.33. The maximum Gasteiger partial charge on any atom is 0.137 e. The number of rotatable bonds is 6. The Hall–Kier alpha value is -0.730. The van der Waals surface area contributed by atoms with Crippen LogP contribution < -0.4 is 10.5 Å². The summed E-state index contributed by atoms with van der Waals surface area (Å²) in [6.07, 6.45) is 3.20. The van der Waals surface area contributed by atoms with Crippen LogP contribution in [0.1, 0.15) is 24.8 Å². The van der Waals surface area contributed by atoms with Gasteiger partial charge in [0, 0.05) is 0 Å². The normalized spacial score (nSPS) is 10.3. The molecule has 1 aromatic carbocycles. The van der Waals surface area contributed by atoms with Gasteiger partial charge in [-0.15, -0.1) is 0 Å². The first kappa shape index (κ1) is 12.3. The Morgan fingerprint density at radius 2 is 2.07 bits per heavy atom. The van der Waals surface area contributed by atoms with E-state index in [0.717, 1.165) is 37.1 Å². The fraction of sp³-hybridized carbons (Fsp3) is 0.500. The second-order valence-electron chi connectivity index (χ2n) is 3.63. The van der Waals surface area contributed by atoms with Crippen molar-refractivity contribution >= 4 is 11.6 Å². The van der Waals surface area contributed by atoms with Crippen LogP contribution in [-0.4, -0.2) is 13.2 Å². The number of hydrogen-bond donors (Lipinski definition) is 1. The van der Waals surface area contributed by atoms with Crippen molar-refractivity contribution in [3.8, 4) is 5.75 Å². The van der Waals surface area contributed by atoms with Crippen LogP contribution in [0.4, 0.5) is 0 Å². The molecule has 0 aromatic heterocycles. The van der Waals surface area contributed by atoms with Crippen molar-refractivity contribution in [1.82, 2.24) is 0 Å². The molecule has 0 heterocycles. The molecule has 0 aliphatic heterocycles. The van der Waals surface area contributed by atoms with Crippen LogP contribution in [0, 0.1) is 6.92 Å². The van der Waals surface area contributed by atoms with Crippen LogP contribution in [0.5, 0.6) is 5.75 Å². The third-order valence-electron chi connectivity index (χ3n) is 2.19. The van der Waals surface area contributed by atoms with Crippen LogP contribution >= 0.6 is 11.6 Å². The van der Waals surface area contributed by atoms with Gasteiger partial charge in [-0.25, -0.2) is 0 Å². The monoisotopic (exact) mass is 227 g/mol. The number of hydrogen-bond acceptors (Lipinski definition) is 2. The molecule has 2 N–H and O–H groups in total. The Kier molecular flexibility index (Phi) is 5.51. The summed E-state index contributed by atoms with van der Waals surface area (Å²) in [6.45, 7) is 3.48. The molecule has 0 amide bonds. The molecule has 0 aliphatic rings. The van der Waals surface area contributed by atoms with Crippen LogP contribution in [0.15, 0.2) is 18.2 Å². The Morgan fingerprint density at radius 3 is 2.73 bits per heavy atom. The molecular weight excluding hydrogens is 210 g/mol. The number of unbranched alkanes of at least 4 members (excludes halogenated alkanes) is 2. The van der Waals surface area contributed by atoms with Gasteiger partial charge < -0.3 is 10.5 Å². The molecule has 0 atom stereocenters. The first-order valence-corrected chi connectivity index (χ1v) is 5.71. The van der Waals surface area contributed by atoms with E-state index in [9.17, 15) is 0 Å². The summed E-state index contributed by atoms with van der Waals surface area (Å²) in [4.78, 5) is 0. The summed E-state index contributed by atoms with van der Waals surface area (Å²) >= 11 is 6.02. The van der Waals surface area contributed by atoms with E-state index in [4.69, 9.17) is 22.1 Å². The van der Waals surface area contributed by atoms with Crippen molar-refractivity contribution in [3.05, 3.63) is 28.8 Å². The van der Waals surface area contributed by atoms with E-state index in [2.05, 4.69) is 0 Å². The van der Waals surface area contributed by atoms with Crippen molar-refractivity contribution in [2.24, 2.45) is 5.73 Å². The highest BCUT2D eigenvalue weighted by atomic mass is 35.5. The molecule has 0 saturated heterocycles. The highest BCUT2D eigenvalue weighted by molar-refractivity contribution is 6.32. The standard InChI is InChI=1S/C12H18ClNO/c1-10-5-6-12(11(13)9-10)15-8-4-2-3-7-14/h5-6,9H,2-4,7-8,14H2,1H3. The molecule has 1 rings (SSSR count). The number of halogens is 1. The van der Waals surface area contributed by atoms with Crippen LogP contribution in [0.2, 0.25) is 5.02 Å². The van der Waals surface area contributed by atoms with E-state index in [1.807, 2.05) is 25.1 Å². The molecule has 1 aromatic rings. The van der Waals surface area contributed by atoms with Crippen molar-refractivity contribution in [2.45, 2.75) is 26.2 Å². The first-order chi connectivity index (χ1) is 7.24. The molecule has 0 radical (unpaired) electrons. The summed E-state index contributed by atoms with van der Waals surface area (Å²) in [5.41, 5.74) is 6.55. The quantitative estimate of drug-likeness (QED) is 0.758. The van der Waals surface area contributed by atoms with Crippen LogP contribution in [-0.2, 0) is 0 Å². The summed E-state index contributed by atoms with van der Waals surface area (Å²) in [5, 5.41) is 0.689. The lowest BCUT2D eigenvalue weighted by Gasteiger charge is -2.08. The second-order valence-corrected chi connectivity index (χ2v) is 4.04. The smallest absolute Gasteiger partial charge is 0.137 e. The summed E-state index contributed by atoms with van der Waals surface area (Å²) in [7, 11) is 0. The molecule has 0 fully saturated rings. The fourth-order valence-corrected chi connectivity index (χ4v) is 1.62. The van der Waals surface area contributed by atoms with Gasteiger partial charge in [-0.05, 0) is 50.4 Å². The topological polar surface area (TPSA) is 35.2 Å². The SMILES string of the molecule is Cc1ccc(OCCCCCN)c(Cl)c1. The lowest BCUT2D eigenvalue weighted by molar-refractivity contribution is 0.306. The van der Waals surface area contributed by atoms with Gasteiger partial charge in [-0.1, -0.05) is 17.7 Å². The van der Waals surface area contributed by atoms with E-state index < -0.39 is 0 Å². The minimum absolute atomic E-state index is 0.689. The highest BCUT2D eigenvalue weighted by Gasteiger charge is 2.00. The van der Waals surface area contributed by atoms with Crippen molar-refractivity contribution in [1.29, 1.82) is 0 Å². The fourth-order valence-electron chi connectivity index (χ4n) is 1.33. The van der Waals surface area contributed by atoms with E-state index >= 15 is 0 Å². The van der Waals surface area contributed by atoms with Gasteiger partial charge in [0.25, 0.3) is 0 Å². The Labute approximate surface area is 96.4 Å². The van der Waals surface area contributed by atoms with E-state index in [0.29, 0.717) is 11.6 Å². The van der Waals surface area contributed by atoms with Gasteiger partial charge >= 0.3 is 0 Å². The minimum Gasteiger partial charge on any atom is -0.492 e. The molecule has 15 heavy (non-hydrogen) atoms. The zero-order valence-corrected chi connectivity index (χ0v) is 9.89. The predicted octanol–water partition coefficient (Wildman–Crippen LogP) is 3.16. The van der Waals surface area contributed by atoms with Gasteiger partial charge in [0.2, 0.25) is 0 Å². The lowest BCUT2D eigenvalue weighted by Crippen LogP contribution is -2.01. The van der Waals surface area contributed by atoms with Gasteiger partial charge in [-0.3, -0.25) is 0 Å². The molecule has 2 nitrogen and oxygen atoms in total. The lowest BCUT2D eigenvalue weighted by atomic mass is 10.2. The molecule has 0 bridgehead atoms. The van der Waals surface area contributed by atoms with E-state index in [-0.39, 0.29) is 0 Å².